The number of fused-ring (bicyclic) bond motifs is 6. The normalized spacial score (nSPS) is 23.4. The Hall–Kier alpha value is -5.50. The monoisotopic (exact) mass is 729 g/mol. The van der Waals surface area contributed by atoms with Crippen LogP contribution in [0.3, 0.4) is 0 Å². The molecule has 266 valence electrons. The van der Waals surface area contributed by atoms with Crippen molar-refractivity contribution < 1.29 is 8.98 Å². The van der Waals surface area contributed by atoms with Crippen molar-refractivity contribution in [1.29, 1.82) is 0 Å². The first-order valence-corrected chi connectivity index (χ1v) is 21.7. The number of benzene rings is 6. The highest BCUT2D eigenvalue weighted by molar-refractivity contribution is 7.85. The average molecular weight is 730 g/mol. The molecule has 4 fully saturated rings. The molecule has 4 saturated carbocycles. The summed E-state index contributed by atoms with van der Waals surface area (Å²) in [5.74, 6) is 3.31. The van der Waals surface area contributed by atoms with Gasteiger partial charge in [-0.3, -0.25) is 4.98 Å². The van der Waals surface area contributed by atoms with Gasteiger partial charge >= 0.3 is 0 Å². The van der Waals surface area contributed by atoms with Crippen LogP contribution in [0.15, 0.2) is 162 Å². The van der Waals surface area contributed by atoms with Gasteiger partial charge in [0, 0.05) is 55.6 Å². The Morgan fingerprint density at radius 2 is 1.16 bits per heavy atom. The van der Waals surface area contributed by atoms with E-state index in [2.05, 4.69) is 84.0 Å². The van der Waals surface area contributed by atoms with Crippen molar-refractivity contribution >= 4 is 45.0 Å². The molecule has 0 aliphatic heterocycles. The Labute approximate surface area is 321 Å². The summed E-state index contributed by atoms with van der Waals surface area (Å²) in [7, 11) is -3.04. The Balaban J connectivity index is 0.932. The van der Waals surface area contributed by atoms with E-state index in [1.807, 2.05) is 79.0 Å². The first-order valence-electron chi connectivity index (χ1n) is 20.0. The molecule has 0 saturated heterocycles. The van der Waals surface area contributed by atoms with Crippen LogP contribution in [0.5, 0.6) is 0 Å². The second kappa shape index (κ2) is 11.8. The maximum Gasteiger partial charge on any atom is 0.171 e. The van der Waals surface area contributed by atoms with Gasteiger partial charge < -0.3 is 8.98 Å². The van der Waals surface area contributed by atoms with E-state index in [-0.39, 0.29) is 5.41 Å². The fourth-order valence-electron chi connectivity index (χ4n) is 12.0. The van der Waals surface area contributed by atoms with Crippen molar-refractivity contribution in [3.8, 4) is 33.4 Å². The van der Waals surface area contributed by atoms with Gasteiger partial charge in [0.2, 0.25) is 0 Å². The van der Waals surface area contributed by atoms with Gasteiger partial charge in [0.15, 0.2) is 7.14 Å². The highest BCUT2D eigenvalue weighted by atomic mass is 31.2. The van der Waals surface area contributed by atoms with Crippen LogP contribution < -0.4 is 15.9 Å². The number of furan rings is 1. The largest absolute Gasteiger partial charge is 0.455 e. The van der Waals surface area contributed by atoms with Crippen molar-refractivity contribution in [3.05, 3.63) is 169 Å². The molecule has 3 nitrogen and oxygen atoms in total. The van der Waals surface area contributed by atoms with Gasteiger partial charge in [-0.05, 0) is 113 Å². The molecule has 4 bridgehead atoms. The van der Waals surface area contributed by atoms with Crippen LogP contribution in [0, 0.1) is 23.7 Å². The lowest BCUT2D eigenvalue weighted by Crippen LogP contribution is -2.55. The third kappa shape index (κ3) is 4.45. The average Bonchev–Trinajstić information content (AvgIpc) is 3.76. The summed E-state index contributed by atoms with van der Waals surface area (Å²) in [5.41, 5.74) is 12.2. The lowest BCUT2D eigenvalue weighted by atomic mass is 9.43. The zero-order chi connectivity index (χ0) is 36.3. The molecule has 0 atom stereocenters. The minimum atomic E-state index is -3.04. The van der Waals surface area contributed by atoms with Gasteiger partial charge in [0.05, 0.1) is 0 Å². The van der Waals surface area contributed by atoms with Crippen molar-refractivity contribution in [2.75, 3.05) is 0 Å². The van der Waals surface area contributed by atoms with E-state index in [1.54, 1.807) is 5.56 Å². The van der Waals surface area contributed by atoms with Crippen LogP contribution in [0.4, 0.5) is 0 Å². The Morgan fingerprint density at radius 1 is 0.527 bits per heavy atom. The molecule has 8 aromatic rings. The fourth-order valence-corrected chi connectivity index (χ4v) is 14.7. The minimum Gasteiger partial charge on any atom is -0.455 e. The predicted octanol–water partition coefficient (Wildman–Crippen LogP) is 11.7. The van der Waals surface area contributed by atoms with Crippen LogP contribution >= 0.6 is 7.14 Å². The third-order valence-electron chi connectivity index (χ3n) is 14.1. The summed E-state index contributed by atoms with van der Waals surface area (Å²) >= 11 is 0. The van der Waals surface area contributed by atoms with Crippen molar-refractivity contribution in [1.82, 2.24) is 4.98 Å². The number of hydrogen-bond acceptors (Lipinski definition) is 3. The van der Waals surface area contributed by atoms with E-state index in [0.29, 0.717) is 0 Å². The van der Waals surface area contributed by atoms with Gasteiger partial charge in [-0.2, -0.15) is 0 Å². The topological polar surface area (TPSA) is 43.1 Å². The molecular weight excluding hydrogens is 690 g/mol. The highest BCUT2D eigenvalue weighted by Gasteiger charge is 2.61. The zero-order valence-electron chi connectivity index (χ0n) is 30.6. The number of hydrogen-bond donors (Lipinski definition) is 0. The van der Waals surface area contributed by atoms with Gasteiger partial charge in [-0.25, -0.2) is 0 Å². The SMILES string of the molecule is O=P(c1ccccc1)(c1ccccc1)c1ccc(-c2ccc3oc4c(-c5ccc6c(c5)-c5cnccc5C65C6CC7CC(C6)CC5C7)cccc4c3c2)cc1. The summed E-state index contributed by atoms with van der Waals surface area (Å²) in [6, 6.07) is 50.7. The van der Waals surface area contributed by atoms with Crippen molar-refractivity contribution in [2.24, 2.45) is 23.7 Å². The summed E-state index contributed by atoms with van der Waals surface area (Å²) < 4.78 is 21.7. The van der Waals surface area contributed by atoms with E-state index in [4.69, 9.17) is 4.42 Å². The number of aromatic nitrogens is 1. The molecule has 0 amide bonds. The van der Waals surface area contributed by atoms with E-state index < -0.39 is 7.14 Å². The van der Waals surface area contributed by atoms with Crippen LogP contribution in [0.25, 0.3) is 55.3 Å². The molecule has 55 heavy (non-hydrogen) atoms. The molecule has 13 rings (SSSR count). The third-order valence-corrected chi connectivity index (χ3v) is 17.1. The zero-order valence-corrected chi connectivity index (χ0v) is 31.5. The summed E-state index contributed by atoms with van der Waals surface area (Å²) in [4.78, 5) is 4.68. The van der Waals surface area contributed by atoms with Crippen LogP contribution in [0.2, 0.25) is 0 Å². The van der Waals surface area contributed by atoms with Gasteiger partial charge in [0.1, 0.15) is 11.2 Å². The van der Waals surface area contributed by atoms with Crippen LogP contribution in [0.1, 0.15) is 43.2 Å². The Kier molecular flexibility index (Phi) is 6.80. The number of pyridine rings is 1. The number of para-hydroxylation sites is 1. The lowest BCUT2D eigenvalue weighted by molar-refractivity contribution is -0.0399. The van der Waals surface area contributed by atoms with Crippen molar-refractivity contribution in [3.63, 3.8) is 0 Å². The first-order chi connectivity index (χ1) is 27.1. The van der Waals surface area contributed by atoms with Gasteiger partial charge in [0.25, 0.3) is 0 Å². The van der Waals surface area contributed by atoms with Crippen molar-refractivity contribution in [2.45, 2.75) is 37.5 Å². The molecule has 4 heteroatoms. The minimum absolute atomic E-state index is 0.138. The summed E-state index contributed by atoms with van der Waals surface area (Å²) in [5, 5.41) is 4.72. The molecule has 0 N–H and O–H groups in total. The first kappa shape index (κ1) is 31.8. The predicted molar refractivity (Wildman–Crippen MR) is 225 cm³/mol. The molecule has 5 aliphatic carbocycles. The second-order valence-corrected chi connectivity index (χ2v) is 19.4. The summed E-state index contributed by atoms with van der Waals surface area (Å²) in [6.45, 7) is 0. The highest BCUT2D eigenvalue weighted by Crippen LogP contribution is 2.69. The maximum absolute atomic E-state index is 14.9. The Bertz CT molecular complexity index is 2780. The van der Waals surface area contributed by atoms with Gasteiger partial charge in [-0.15, -0.1) is 0 Å². The Morgan fingerprint density at radius 3 is 1.87 bits per heavy atom. The standard InChI is InChI=1S/C51H40NO2P/c53-55(39-8-3-1-4-9-39,40-10-5-2-6-11-40)41-18-14-34(15-19-41)35-17-21-49-45(29-35)43-13-7-12-42(50(43)54-49)36-16-20-47-44(30-36)46-31-52-23-22-48(46)51(47)37-25-32-24-33(27-37)28-38(51)26-32/h1-23,29-33,37-38H,24-28H2. The van der Waals surface area contributed by atoms with E-state index >= 15 is 0 Å². The molecule has 5 aliphatic rings. The molecule has 6 aromatic carbocycles. The van der Waals surface area contributed by atoms with E-state index in [9.17, 15) is 4.57 Å². The van der Waals surface area contributed by atoms with Crippen LogP contribution in [-0.2, 0) is 9.98 Å². The maximum atomic E-state index is 14.9. The number of nitrogens with zero attached hydrogens (tertiary/aromatic N) is 1. The fraction of sp³-hybridized carbons (Fsp3) is 0.196. The van der Waals surface area contributed by atoms with E-state index in [0.717, 1.165) is 78.2 Å². The number of rotatable bonds is 5. The molecular formula is C51H40NO2P. The molecule has 0 unspecified atom stereocenters. The smallest absolute Gasteiger partial charge is 0.171 e. The molecule has 0 radical (unpaired) electrons. The lowest BCUT2D eigenvalue weighted by Gasteiger charge is -2.61. The molecule has 2 aromatic heterocycles. The summed E-state index contributed by atoms with van der Waals surface area (Å²) in [6.07, 6.45) is 11.1. The quantitative estimate of drug-likeness (QED) is 0.166. The van der Waals surface area contributed by atoms with E-state index in [1.165, 1.54) is 54.4 Å². The van der Waals surface area contributed by atoms with Crippen LogP contribution in [-0.4, -0.2) is 4.98 Å². The molecule has 2 heterocycles. The molecule has 1 spiro atoms. The second-order valence-electron chi connectivity index (χ2n) is 16.7. The van der Waals surface area contributed by atoms with Gasteiger partial charge in [-0.1, -0.05) is 121 Å².